The maximum absolute atomic E-state index is 9.79. The van der Waals surface area contributed by atoms with E-state index in [0.29, 0.717) is 13.1 Å². The highest BCUT2D eigenvalue weighted by Crippen LogP contribution is 2.38. The maximum atomic E-state index is 9.79. The highest BCUT2D eigenvalue weighted by Gasteiger charge is 2.16. The van der Waals surface area contributed by atoms with Crippen LogP contribution in [0.4, 0.5) is 0 Å². The summed E-state index contributed by atoms with van der Waals surface area (Å²) in [5.41, 5.74) is 6.88. The summed E-state index contributed by atoms with van der Waals surface area (Å²) in [4.78, 5) is 0. The van der Waals surface area contributed by atoms with E-state index in [9.17, 15) is 10.2 Å². The van der Waals surface area contributed by atoms with Gasteiger partial charge in [-0.05, 0) is 29.8 Å². The summed E-state index contributed by atoms with van der Waals surface area (Å²) < 4.78 is 4.43. The lowest BCUT2D eigenvalue weighted by molar-refractivity contribution is 0.279. The molecule has 32 heavy (non-hydrogen) atoms. The standard InChI is InChI=1S/C28H24N2O2/c31-16-14-29-25-10-3-2-7-22(25)24-18-19(12-13-27(24)29)20-8-5-9-23-21-6-1-4-11-26(21)30(15-17-32)28(20)23/h1-13,18,31-32H,14-17H2. The number of aliphatic hydroxyl groups excluding tert-OH is 2. The van der Waals surface area contributed by atoms with Crippen molar-refractivity contribution in [2.45, 2.75) is 13.1 Å². The Labute approximate surface area is 185 Å². The minimum atomic E-state index is 0.0930. The van der Waals surface area contributed by atoms with Crippen molar-refractivity contribution in [2.24, 2.45) is 0 Å². The zero-order valence-corrected chi connectivity index (χ0v) is 17.7. The van der Waals surface area contributed by atoms with Crippen LogP contribution in [0.15, 0.2) is 84.9 Å². The third-order valence-electron chi connectivity index (χ3n) is 6.52. The summed E-state index contributed by atoms with van der Waals surface area (Å²) in [5.74, 6) is 0. The van der Waals surface area contributed by atoms with Crippen molar-refractivity contribution < 1.29 is 10.2 Å². The second-order valence-corrected chi connectivity index (χ2v) is 8.22. The molecule has 0 aliphatic carbocycles. The molecule has 0 fully saturated rings. The van der Waals surface area contributed by atoms with Crippen LogP contribution in [-0.2, 0) is 13.1 Å². The van der Waals surface area contributed by atoms with E-state index in [0.717, 1.165) is 33.2 Å². The zero-order valence-electron chi connectivity index (χ0n) is 17.7. The average molecular weight is 421 g/mol. The Morgan fingerprint density at radius 2 is 1.12 bits per heavy atom. The quantitative estimate of drug-likeness (QED) is 0.384. The topological polar surface area (TPSA) is 50.3 Å². The molecule has 2 heterocycles. The number of benzene rings is 4. The molecule has 2 aromatic heterocycles. The van der Waals surface area contributed by atoms with Gasteiger partial charge in [-0.25, -0.2) is 0 Å². The molecule has 6 aromatic rings. The number of hydrogen-bond donors (Lipinski definition) is 2. The molecule has 0 atom stereocenters. The van der Waals surface area contributed by atoms with E-state index in [4.69, 9.17) is 0 Å². The summed E-state index contributed by atoms with van der Waals surface area (Å²) in [5, 5.41) is 24.2. The van der Waals surface area contributed by atoms with Gasteiger partial charge in [0.1, 0.15) is 0 Å². The fraction of sp³-hybridized carbons (Fsp3) is 0.143. The first-order valence-electron chi connectivity index (χ1n) is 11.0. The lowest BCUT2D eigenvalue weighted by Gasteiger charge is -2.11. The Morgan fingerprint density at radius 3 is 1.88 bits per heavy atom. The molecular weight excluding hydrogens is 396 g/mol. The normalized spacial score (nSPS) is 11.9. The minimum Gasteiger partial charge on any atom is -0.395 e. The third kappa shape index (κ3) is 2.70. The van der Waals surface area contributed by atoms with Crippen LogP contribution in [0.25, 0.3) is 54.7 Å². The van der Waals surface area contributed by atoms with Crippen LogP contribution in [0.3, 0.4) is 0 Å². The van der Waals surface area contributed by atoms with Gasteiger partial charge in [0, 0.05) is 56.7 Å². The van der Waals surface area contributed by atoms with E-state index in [2.05, 4.69) is 88.0 Å². The van der Waals surface area contributed by atoms with Crippen LogP contribution in [0.5, 0.6) is 0 Å². The Balaban J connectivity index is 1.68. The molecule has 0 aliphatic heterocycles. The lowest BCUT2D eigenvalue weighted by Crippen LogP contribution is -2.02. The Hall–Kier alpha value is -3.60. The van der Waals surface area contributed by atoms with Crippen LogP contribution in [0.1, 0.15) is 0 Å². The molecule has 0 spiro atoms. The lowest BCUT2D eigenvalue weighted by atomic mass is 10.00. The Kier molecular flexibility index (Phi) is 4.49. The van der Waals surface area contributed by atoms with Gasteiger partial charge in [0.05, 0.1) is 18.7 Å². The second-order valence-electron chi connectivity index (χ2n) is 8.22. The number of aliphatic hydroxyl groups is 2. The van der Waals surface area contributed by atoms with Gasteiger partial charge in [-0.2, -0.15) is 0 Å². The molecule has 0 bridgehead atoms. The molecule has 0 unspecified atom stereocenters. The Bertz CT molecular complexity index is 1610. The molecule has 0 saturated carbocycles. The molecule has 0 amide bonds. The van der Waals surface area contributed by atoms with Crippen molar-refractivity contribution in [3.05, 3.63) is 84.9 Å². The van der Waals surface area contributed by atoms with Gasteiger partial charge in [0.15, 0.2) is 0 Å². The molecule has 4 aromatic carbocycles. The molecule has 6 rings (SSSR count). The number of para-hydroxylation sites is 3. The largest absolute Gasteiger partial charge is 0.395 e. The fourth-order valence-corrected chi connectivity index (χ4v) is 5.24. The van der Waals surface area contributed by atoms with Gasteiger partial charge >= 0.3 is 0 Å². The molecule has 2 N–H and O–H groups in total. The number of hydrogen-bond acceptors (Lipinski definition) is 2. The Morgan fingerprint density at radius 1 is 0.531 bits per heavy atom. The summed E-state index contributed by atoms with van der Waals surface area (Å²) in [7, 11) is 0. The van der Waals surface area contributed by atoms with E-state index in [-0.39, 0.29) is 13.2 Å². The first kappa shape index (κ1) is 19.1. The van der Waals surface area contributed by atoms with Crippen molar-refractivity contribution in [3.8, 4) is 11.1 Å². The summed E-state index contributed by atoms with van der Waals surface area (Å²) in [6.07, 6.45) is 0. The average Bonchev–Trinajstić information content (AvgIpc) is 3.33. The molecule has 0 radical (unpaired) electrons. The van der Waals surface area contributed by atoms with Gasteiger partial charge in [0.2, 0.25) is 0 Å². The van der Waals surface area contributed by atoms with Crippen LogP contribution >= 0.6 is 0 Å². The summed E-state index contributed by atoms with van der Waals surface area (Å²) in [6, 6.07) is 29.8. The van der Waals surface area contributed by atoms with E-state index < -0.39 is 0 Å². The van der Waals surface area contributed by atoms with Crippen LogP contribution in [-0.4, -0.2) is 32.6 Å². The van der Waals surface area contributed by atoms with E-state index in [1.807, 2.05) is 6.07 Å². The van der Waals surface area contributed by atoms with Gasteiger partial charge in [-0.15, -0.1) is 0 Å². The number of nitrogens with zero attached hydrogens (tertiary/aromatic N) is 2. The van der Waals surface area contributed by atoms with Gasteiger partial charge < -0.3 is 19.3 Å². The first-order chi connectivity index (χ1) is 15.8. The van der Waals surface area contributed by atoms with Gasteiger partial charge in [-0.3, -0.25) is 0 Å². The fourth-order valence-electron chi connectivity index (χ4n) is 5.24. The highest BCUT2D eigenvalue weighted by molar-refractivity contribution is 6.14. The smallest absolute Gasteiger partial charge is 0.0610 e. The van der Waals surface area contributed by atoms with E-state index >= 15 is 0 Å². The number of aromatic nitrogens is 2. The van der Waals surface area contributed by atoms with E-state index in [1.54, 1.807) is 0 Å². The first-order valence-corrected chi connectivity index (χ1v) is 11.0. The molecule has 0 saturated heterocycles. The monoisotopic (exact) mass is 420 g/mol. The summed E-state index contributed by atoms with van der Waals surface area (Å²) in [6.45, 7) is 1.33. The van der Waals surface area contributed by atoms with E-state index in [1.165, 1.54) is 21.5 Å². The van der Waals surface area contributed by atoms with Crippen molar-refractivity contribution in [1.29, 1.82) is 0 Å². The third-order valence-corrected chi connectivity index (χ3v) is 6.52. The number of rotatable bonds is 5. The van der Waals surface area contributed by atoms with Gasteiger partial charge in [-0.1, -0.05) is 60.7 Å². The van der Waals surface area contributed by atoms with Crippen molar-refractivity contribution >= 4 is 43.6 Å². The predicted molar refractivity (Wildman–Crippen MR) is 132 cm³/mol. The zero-order chi connectivity index (χ0) is 21.7. The molecular formula is C28H24N2O2. The minimum absolute atomic E-state index is 0.0930. The molecule has 4 nitrogen and oxygen atoms in total. The molecule has 158 valence electrons. The van der Waals surface area contributed by atoms with Gasteiger partial charge in [0.25, 0.3) is 0 Å². The molecule has 4 heteroatoms. The predicted octanol–water partition coefficient (Wildman–Crippen LogP) is 5.55. The van der Waals surface area contributed by atoms with Crippen LogP contribution < -0.4 is 0 Å². The number of fused-ring (bicyclic) bond motifs is 6. The van der Waals surface area contributed by atoms with Crippen molar-refractivity contribution in [3.63, 3.8) is 0 Å². The summed E-state index contributed by atoms with van der Waals surface area (Å²) >= 11 is 0. The maximum Gasteiger partial charge on any atom is 0.0610 e. The SMILES string of the molecule is OCCn1c2ccccc2c2cc(-c3cccc4c5ccccc5n(CCO)c34)ccc21. The van der Waals surface area contributed by atoms with Crippen molar-refractivity contribution in [1.82, 2.24) is 9.13 Å². The van der Waals surface area contributed by atoms with Crippen molar-refractivity contribution in [2.75, 3.05) is 13.2 Å². The van der Waals surface area contributed by atoms with Crippen LogP contribution in [0, 0.1) is 0 Å². The highest BCUT2D eigenvalue weighted by atomic mass is 16.3. The second kappa shape index (κ2) is 7.52. The molecule has 0 aliphatic rings. The van der Waals surface area contributed by atoms with Crippen LogP contribution in [0.2, 0.25) is 0 Å².